The van der Waals surface area contributed by atoms with Gasteiger partial charge in [0, 0.05) is 12.1 Å². The average Bonchev–Trinajstić information content (AvgIpc) is 2.94. The molecule has 1 unspecified atom stereocenters. The van der Waals surface area contributed by atoms with E-state index in [0.717, 1.165) is 24.2 Å². The van der Waals surface area contributed by atoms with Crippen molar-refractivity contribution in [3.8, 4) is 11.5 Å². The number of hydrogen-bond donors (Lipinski definition) is 1. The van der Waals surface area contributed by atoms with E-state index in [1.165, 1.54) is 83.5 Å². The SMILES string of the molecule is CCCCCCCCCCCCCCCCOc1ccc(C(CC)NC(=O)c2cc[n+](C)cc2)cc1OC. The molecule has 0 saturated carbocycles. The standard InChI is InChI=1S/C33H52N2O3/c1-5-7-8-9-10-11-12-13-14-15-16-17-18-19-26-38-31-21-20-29(27-32(31)37-4)30(6-2)34-33(36)28-22-24-35(3)25-23-28/h20-25,27,30H,5-19,26H2,1-4H3/p+1. The second-order valence-corrected chi connectivity index (χ2v) is 10.5. The van der Waals surface area contributed by atoms with Gasteiger partial charge in [-0.25, -0.2) is 4.57 Å². The van der Waals surface area contributed by atoms with Crippen LogP contribution in [0.25, 0.3) is 0 Å². The van der Waals surface area contributed by atoms with E-state index in [4.69, 9.17) is 9.47 Å². The third-order valence-corrected chi connectivity index (χ3v) is 7.30. The first-order chi connectivity index (χ1) is 18.6. The number of amides is 1. The van der Waals surface area contributed by atoms with E-state index in [9.17, 15) is 4.79 Å². The Balaban J connectivity index is 1.64. The van der Waals surface area contributed by atoms with Crippen LogP contribution in [0, 0.1) is 0 Å². The minimum Gasteiger partial charge on any atom is -0.493 e. The lowest BCUT2D eigenvalue weighted by atomic mass is 10.0. The topological polar surface area (TPSA) is 51.4 Å². The number of ether oxygens (including phenoxy) is 2. The van der Waals surface area contributed by atoms with Crippen molar-refractivity contribution in [3.05, 3.63) is 53.9 Å². The molecule has 0 fully saturated rings. The first-order valence-electron chi connectivity index (χ1n) is 15.2. The lowest BCUT2D eigenvalue weighted by Crippen LogP contribution is -2.30. The fraction of sp³-hybridized carbons (Fsp3) is 0.636. The molecule has 1 aromatic carbocycles. The van der Waals surface area contributed by atoms with Gasteiger partial charge < -0.3 is 14.8 Å². The number of aryl methyl sites for hydroxylation is 1. The van der Waals surface area contributed by atoms with E-state index in [2.05, 4.69) is 19.2 Å². The van der Waals surface area contributed by atoms with Gasteiger partial charge in [0.05, 0.1) is 25.3 Å². The Labute approximate surface area is 232 Å². The van der Waals surface area contributed by atoms with Crippen LogP contribution in [-0.2, 0) is 7.05 Å². The van der Waals surface area contributed by atoms with Gasteiger partial charge in [-0.05, 0) is 30.5 Å². The van der Waals surface area contributed by atoms with E-state index in [-0.39, 0.29) is 11.9 Å². The number of hydrogen-bond acceptors (Lipinski definition) is 3. The van der Waals surface area contributed by atoms with Crippen molar-refractivity contribution < 1.29 is 18.8 Å². The molecule has 5 nitrogen and oxygen atoms in total. The third-order valence-electron chi connectivity index (χ3n) is 7.30. The Bertz CT molecular complexity index is 898. The Hall–Kier alpha value is -2.56. The molecule has 1 heterocycles. The first-order valence-corrected chi connectivity index (χ1v) is 15.2. The molecule has 2 aromatic rings. The van der Waals surface area contributed by atoms with Gasteiger partial charge >= 0.3 is 0 Å². The van der Waals surface area contributed by atoms with Crippen molar-refractivity contribution in [1.82, 2.24) is 5.32 Å². The molecule has 0 bridgehead atoms. The highest BCUT2D eigenvalue weighted by Crippen LogP contribution is 2.31. The molecule has 1 amide bonds. The van der Waals surface area contributed by atoms with Crippen LogP contribution in [0.4, 0.5) is 0 Å². The van der Waals surface area contributed by atoms with Gasteiger partial charge in [0.25, 0.3) is 5.91 Å². The van der Waals surface area contributed by atoms with Crippen LogP contribution in [0.1, 0.15) is 132 Å². The number of carbonyl (C=O) groups excluding carboxylic acids is 1. The van der Waals surface area contributed by atoms with Gasteiger partial charge in [-0.15, -0.1) is 0 Å². The number of methoxy groups -OCH3 is 1. The Morgan fingerprint density at radius 1 is 0.789 bits per heavy atom. The summed E-state index contributed by atoms with van der Waals surface area (Å²) in [4.78, 5) is 12.7. The maximum Gasteiger partial charge on any atom is 0.252 e. The molecular weight excluding hydrogens is 472 g/mol. The Kier molecular flexibility index (Phi) is 16.2. The van der Waals surface area contributed by atoms with Crippen molar-refractivity contribution in [2.75, 3.05) is 13.7 Å². The molecule has 1 atom stereocenters. The molecule has 0 saturated heterocycles. The van der Waals surface area contributed by atoms with Gasteiger partial charge in [0.2, 0.25) is 0 Å². The number of unbranched alkanes of at least 4 members (excludes halogenated alkanes) is 13. The predicted octanol–water partition coefficient (Wildman–Crippen LogP) is 8.26. The van der Waals surface area contributed by atoms with Crippen LogP contribution in [0.3, 0.4) is 0 Å². The zero-order valence-electron chi connectivity index (χ0n) is 24.6. The van der Waals surface area contributed by atoms with Gasteiger partial charge in [-0.3, -0.25) is 4.79 Å². The molecule has 0 aliphatic heterocycles. The summed E-state index contributed by atoms with van der Waals surface area (Å²) in [5.41, 5.74) is 1.67. The van der Waals surface area contributed by atoms with Crippen LogP contribution in [0.2, 0.25) is 0 Å². The van der Waals surface area contributed by atoms with Crippen molar-refractivity contribution in [3.63, 3.8) is 0 Å². The minimum absolute atomic E-state index is 0.0745. The number of carbonyl (C=O) groups is 1. The lowest BCUT2D eigenvalue weighted by Gasteiger charge is -2.19. The molecule has 0 spiro atoms. The molecule has 1 N–H and O–H groups in total. The summed E-state index contributed by atoms with van der Waals surface area (Å²) in [5, 5.41) is 3.14. The fourth-order valence-corrected chi connectivity index (χ4v) is 4.81. The van der Waals surface area contributed by atoms with Gasteiger partial charge in [0.15, 0.2) is 23.9 Å². The Morgan fingerprint density at radius 2 is 1.34 bits per heavy atom. The summed E-state index contributed by atoms with van der Waals surface area (Å²) in [6, 6.07) is 9.55. The largest absolute Gasteiger partial charge is 0.493 e. The number of nitrogens with one attached hydrogen (secondary N) is 1. The van der Waals surface area contributed by atoms with E-state index in [0.29, 0.717) is 17.9 Å². The quantitative estimate of drug-likeness (QED) is 0.132. The summed E-state index contributed by atoms with van der Waals surface area (Å²) in [7, 11) is 3.60. The zero-order valence-corrected chi connectivity index (χ0v) is 24.6. The second-order valence-electron chi connectivity index (χ2n) is 10.5. The second kappa shape index (κ2) is 19.5. The normalized spacial score (nSPS) is 11.8. The summed E-state index contributed by atoms with van der Waals surface area (Å²) in [5.74, 6) is 1.41. The molecule has 212 valence electrons. The summed E-state index contributed by atoms with van der Waals surface area (Å²) in [6.45, 7) is 5.05. The first kappa shape index (κ1) is 31.7. The highest BCUT2D eigenvalue weighted by molar-refractivity contribution is 5.94. The van der Waals surface area contributed by atoms with E-state index in [1.807, 2.05) is 54.3 Å². The monoisotopic (exact) mass is 525 g/mol. The molecule has 0 aliphatic rings. The van der Waals surface area contributed by atoms with Gasteiger partial charge in [-0.2, -0.15) is 0 Å². The molecule has 0 radical (unpaired) electrons. The van der Waals surface area contributed by atoms with Crippen LogP contribution in [-0.4, -0.2) is 19.6 Å². The molecule has 38 heavy (non-hydrogen) atoms. The van der Waals surface area contributed by atoms with Crippen molar-refractivity contribution >= 4 is 5.91 Å². The number of benzene rings is 1. The highest BCUT2D eigenvalue weighted by atomic mass is 16.5. The number of aromatic nitrogens is 1. The van der Waals surface area contributed by atoms with Crippen LogP contribution >= 0.6 is 0 Å². The van der Waals surface area contributed by atoms with Gasteiger partial charge in [0.1, 0.15) is 7.05 Å². The fourth-order valence-electron chi connectivity index (χ4n) is 4.81. The average molecular weight is 526 g/mol. The van der Waals surface area contributed by atoms with Crippen LogP contribution in [0.5, 0.6) is 11.5 Å². The number of pyridine rings is 1. The van der Waals surface area contributed by atoms with E-state index in [1.54, 1.807) is 7.11 Å². The molecule has 2 rings (SSSR count). The predicted molar refractivity (Wildman–Crippen MR) is 157 cm³/mol. The van der Waals surface area contributed by atoms with Crippen LogP contribution < -0.4 is 19.4 Å². The summed E-state index contributed by atoms with van der Waals surface area (Å²) < 4.78 is 13.6. The molecule has 5 heteroatoms. The number of rotatable bonds is 21. The maximum atomic E-state index is 12.7. The highest BCUT2D eigenvalue weighted by Gasteiger charge is 2.17. The summed E-state index contributed by atoms with van der Waals surface area (Å²) in [6.07, 6.45) is 23.4. The van der Waals surface area contributed by atoms with Crippen molar-refractivity contribution in [2.45, 2.75) is 116 Å². The Morgan fingerprint density at radius 3 is 1.87 bits per heavy atom. The zero-order chi connectivity index (χ0) is 27.4. The number of nitrogens with zero attached hydrogens (tertiary/aromatic N) is 1. The maximum absolute atomic E-state index is 12.7. The lowest BCUT2D eigenvalue weighted by molar-refractivity contribution is -0.671. The molecule has 1 aromatic heterocycles. The minimum atomic E-state index is -0.0924. The van der Waals surface area contributed by atoms with E-state index < -0.39 is 0 Å². The van der Waals surface area contributed by atoms with Gasteiger partial charge in [-0.1, -0.05) is 103 Å². The summed E-state index contributed by atoms with van der Waals surface area (Å²) >= 11 is 0. The van der Waals surface area contributed by atoms with Crippen molar-refractivity contribution in [1.29, 1.82) is 0 Å². The molecular formula is C33H53N2O3+. The van der Waals surface area contributed by atoms with E-state index >= 15 is 0 Å². The van der Waals surface area contributed by atoms with Crippen LogP contribution in [0.15, 0.2) is 42.7 Å². The third kappa shape index (κ3) is 12.3. The smallest absolute Gasteiger partial charge is 0.252 e. The van der Waals surface area contributed by atoms with Crippen molar-refractivity contribution in [2.24, 2.45) is 7.05 Å². The molecule has 0 aliphatic carbocycles.